The van der Waals surface area contributed by atoms with Gasteiger partial charge in [0.1, 0.15) is 0 Å². The van der Waals surface area contributed by atoms with E-state index < -0.39 is 4.92 Å². The highest BCUT2D eigenvalue weighted by atomic mass is 16.6. The number of nitro groups is 1. The summed E-state index contributed by atoms with van der Waals surface area (Å²) in [5.74, 6) is 1.01. The van der Waals surface area contributed by atoms with Gasteiger partial charge >= 0.3 is 0 Å². The molecular formula is C19H20N2O6. The molecule has 27 heavy (non-hydrogen) atoms. The van der Waals surface area contributed by atoms with Gasteiger partial charge in [0, 0.05) is 24.3 Å². The van der Waals surface area contributed by atoms with Crippen molar-refractivity contribution >= 4 is 17.7 Å². The van der Waals surface area contributed by atoms with Gasteiger partial charge in [0.2, 0.25) is 11.7 Å². The van der Waals surface area contributed by atoms with Gasteiger partial charge in [0.25, 0.3) is 5.69 Å². The molecule has 0 unspecified atom stereocenters. The molecule has 2 aromatic rings. The van der Waals surface area contributed by atoms with E-state index in [1.54, 1.807) is 36.4 Å². The van der Waals surface area contributed by atoms with E-state index in [9.17, 15) is 14.9 Å². The molecule has 0 bridgehead atoms. The predicted molar refractivity (Wildman–Crippen MR) is 100 cm³/mol. The SMILES string of the molecule is COc1cc(C=CC(=O)NCc2ccccc2[N+](=O)[O-])cc(OC)c1OC. The summed E-state index contributed by atoms with van der Waals surface area (Å²) in [5, 5.41) is 13.6. The maximum atomic E-state index is 12.0. The molecule has 0 saturated carbocycles. The smallest absolute Gasteiger partial charge is 0.274 e. The van der Waals surface area contributed by atoms with Crippen LogP contribution in [-0.4, -0.2) is 32.2 Å². The first-order valence-electron chi connectivity index (χ1n) is 7.98. The van der Waals surface area contributed by atoms with Gasteiger partial charge in [0.05, 0.1) is 26.3 Å². The Hall–Kier alpha value is -3.55. The van der Waals surface area contributed by atoms with Crippen molar-refractivity contribution in [3.05, 3.63) is 63.7 Å². The fraction of sp³-hybridized carbons (Fsp3) is 0.211. The minimum absolute atomic E-state index is 0.0357. The third-order valence-corrected chi connectivity index (χ3v) is 3.76. The number of rotatable bonds is 8. The number of hydrogen-bond acceptors (Lipinski definition) is 6. The molecule has 0 radical (unpaired) electrons. The molecule has 8 heteroatoms. The average molecular weight is 372 g/mol. The topological polar surface area (TPSA) is 99.9 Å². The molecule has 0 aliphatic carbocycles. The maximum Gasteiger partial charge on any atom is 0.274 e. The van der Waals surface area contributed by atoms with E-state index >= 15 is 0 Å². The van der Waals surface area contributed by atoms with Crippen LogP contribution in [0.5, 0.6) is 17.2 Å². The van der Waals surface area contributed by atoms with Crippen LogP contribution in [0.4, 0.5) is 5.69 Å². The molecule has 0 spiro atoms. The molecule has 2 rings (SSSR count). The fourth-order valence-corrected chi connectivity index (χ4v) is 2.45. The Labute approximate surface area is 156 Å². The second-order valence-electron chi connectivity index (χ2n) is 5.40. The van der Waals surface area contributed by atoms with Crippen LogP contribution < -0.4 is 19.5 Å². The van der Waals surface area contributed by atoms with Crippen LogP contribution in [0.1, 0.15) is 11.1 Å². The van der Waals surface area contributed by atoms with Crippen LogP contribution in [-0.2, 0) is 11.3 Å². The minimum atomic E-state index is -0.479. The van der Waals surface area contributed by atoms with E-state index in [1.807, 2.05) is 0 Å². The molecule has 0 aromatic heterocycles. The van der Waals surface area contributed by atoms with Gasteiger partial charge in [0.15, 0.2) is 11.5 Å². The number of nitro benzene ring substituents is 1. The Morgan fingerprint density at radius 2 is 1.74 bits per heavy atom. The van der Waals surface area contributed by atoms with E-state index in [2.05, 4.69) is 5.32 Å². The van der Waals surface area contributed by atoms with Crippen molar-refractivity contribution in [1.82, 2.24) is 5.32 Å². The first kappa shape index (κ1) is 19.8. The summed E-state index contributed by atoms with van der Waals surface area (Å²) in [6.45, 7) is 0.0512. The molecule has 1 N–H and O–H groups in total. The molecule has 1 amide bonds. The summed E-state index contributed by atoms with van der Waals surface area (Å²) >= 11 is 0. The highest BCUT2D eigenvalue weighted by Crippen LogP contribution is 2.38. The Balaban J connectivity index is 2.10. The molecular weight excluding hydrogens is 352 g/mol. The molecule has 0 saturated heterocycles. The van der Waals surface area contributed by atoms with Gasteiger partial charge in [-0.3, -0.25) is 14.9 Å². The van der Waals surface area contributed by atoms with E-state index in [-0.39, 0.29) is 18.1 Å². The molecule has 0 atom stereocenters. The molecule has 2 aromatic carbocycles. The number of para-hydroxylation sites is 1. The number of ether oxygens (including phenoxy) is 3. The number of carbonyl (C=O) groups is 1. The van der Waals surface area contributed by atoms with Gasteiger partial charge in [-0.2, -0.15) is 0 Å². The molecule has 8 nitrogen and oxygen atoms in total. The predicted octanol–water partition coefficient (Wildman–Crippen LogP) is 2.95. The number of carbonyl (C=O) groups excluding carboxylic acids is 1. The standard InChI is InChI=1S/C19H20N2O6/c1-25-16-10-13(11-17(26-2)19(16)27-3)8-9-18(22)20-12-14-6-4-5-7-15(14)21(23)24/h4-11H,12H2,1-3H3,(H,20,22). The number of benzene rings is 2. The summed E-state index contributed by atoms with van der Waals surface area (Å²) in [6, 6.07) is 9.66. The third-order valence-electron chi connectivity index (χ3n) is 3.76. The summed E-state index contributed by atoms with van der Waals surface area (Å²) in [7, 11) is 4.51. The minimum Gasteiger partial charge on any atom is -0.493 e. The first-order valence-corrected chi connectivity index (χ1v) is 7.98. The lowest BCUT2D eigenvalue weighted by atomic mass is 10.1. The largest absolute Gasteiger partial charge is 0.493 e. The second kappa shape index (κ2) is 9.23. The number of amides is 1. The zero-order chi connectivity index (χ0) is 19.8. The van der Waals surface area contributed by atoms with Gasteiger partial charge in [-0.25, -0.2) is 0 Å². The van der Waals surface area contributed by atoms with E-state index in [1.165, 1.54) is 33.5 Å². The van der Waals surface area contributed by atoms with Crippen molar-refractivity contribution in [3.63, 3.8) is 0 Å². The molecule has 0 heterocycles. The van der Waals surface area contributed by atoms with Gasteiger partial charge < -0.3 is 19.5 Å². The van der Waals surface area contributed by atoms with Crippen molar-refractivity contribution in [1.29, 1.82) is 0 Å². The highest BCUT2D eigenvalue weighted by Gasteiger charge is 2.13. The quantitative estimate of drug-likeness (QED) is 0.434. The zero-order valence-corrected chi connectivity index (χ0v) is 15.2. The Morgan fingerprint density at radius 3 is 2.30 bits per heavy atom. The lowest BCUT2D eigenvalue weighted by molar-refractivity contribution is -0.385. The second-order valence-corrected chi connectivity index (χ2v) is 5.40. The Kier molecular flexibility index (Phi) is 6.76. The number of nitrogens with one attached hydrogen (secondary N) is 1. The average Bonchev–Trinajstić information content (AvgIpc) is 2.69. The summed E-state index contributed by atoms with van der Waals surface area (Å²) in [4.78, 5) is 22.6. The molecule has 0 aliphatic heterocycles. The zero-order valence-electron chi connectivity index (χ0n) is 15.2. The lowest BCUT2D eigenvalue weighted by Gasteiger charge is -2.12. The number of nitrogens with zero attached hydrogens (tertiary/aromatic N) is 1. The van der Waals surface area contributed by atoms with Crippen LogP contribution in [0.2, 0.25) is 0 Å². The van der Waals surface area contributed by atoms with E-state index in [4.69, 9.17) is 14.2 Å². The van der Waals surface area contributed by atoms with Crippen molar-refractivity contribution in [2.24, 2.45) is 0 Å². The Morgan fingerprint density at radius 1 is 1.11 bits per heavy atom. The van der Waals surface area contributed by atoms with Gasteiger partial charge in [-0.1, -0.05) is 18.2 Å². The first-order chi connectivity index (χ1) is 13.0. The lowest BCUT2D eigenvalue weighted by Crippen LogP contribution is -2.20. The third kappa shape index (κ3) is 4.97. The van der Waals surface area contributed by atoms with Crippen LogP contribution in [0.15, 0.2) is 42.5 Å². The number of methoxy groups -OCH3 is 3. The van der Waals surface area contributed by atoms with Crippen molar-refractivity contribution in [2.45, 2.75) is 6.54 Å². The van der Waals surface area contributed by atoms with Crippen LogP contribution >= 0.6 is 0 Å². The molecule has 142 valence electrons. The fourth-order valence-electron chi connectivity index (χ4n) is 2.45. The Bertz CT molecular complexity index is 838. The van der Waals surface area contributed by atoms with E-state index in [0.29, 0.717) is 28.4 Å². The summed E-state index contributed by atoms with van der Waals surface area (Å²) in [6.07, 6.45) is 2.91. The normalized spacial score (nSPS) is 10.5. The molecule has 0 fully saturated rings. The van der Waals surface area contributed by atoms with Crippen molar-refractivity contribution in [3.8, 4) is 17.2 Å². The molecule has 0 aliphatic rings. The van der Waals surface area contributed by atoms with Crippen LogP contribution in [0.25, 0.3) is 6.08 Å². The number of hydrogen-bond donors (Lipinski definition) is 1. The highest BCUT2D eigenvalue weighted by molar-refractivity contribution is 5.91. The van der Waals surface area contributed by atoms with Gasteiger partial charge in [-0.15, -0.1) is 0 Å². The van der Waals surface area contributed by atoms with Crippen LogP contribution in [0, 0.1) is 10.1 Å². The summed E-state index contributed by atoms with van der Waals surface area (Å²) in [5.41, 5.74) is 1.06. The van der Waals surface area contributed by atoms with Crippen LogP contribution in [0.3, 0.4) is 0 Å². The maximum absolute atomic E-state index is 12.0. The van der Waals surface area contributed by atoms with Crippen molar-refractivity contribution in [2.75, 3.05) is 21.3 Å². The van der Waals surface area contributed by atoms with E-state index in [0.717, 1.165) is 0 Å². The monoisotopic (exact) mass is 372 g/mol. The van der Waals surface area contributed by atoms with Crippen molar-refractivity contribution < 1.29 is 23.9 Å². The summed E-state index contributed by atoms with van der Waals surface area (Å²) < 4.78 is 15.8. The van der Waals surface area contributed by atoms with Gasteiger partial charge in [-0.05, 0) is 23.8 Å².